The molecule has 1 aromatic carbocycles. The Morgan fingerprint density at radius 1 is 1.22 bits per heavy atom. The van der Waals surface area contributed by atoms with E-state index in [0.717, 1.165) is 31.2 Å². The van der Waals surface area contributed by atoms with Gasteiger partial charge >= 0.3 is 0 Å². The molecule has 2 rings (SSSR count). The minimum Gasteiger partial charge on any atom is -0.372 e. The van der Waals surface area contributed by atoms with E-state index in [9.17, 15) is 0 Å². The van der Waals surface area contributed by atoms with Gasteiger partial charge in [0.15, 0.2) is 0 Å². The number of anilines is 1. The third-order valence-electron chi connectivity index (χ3n) is 3.11. The van der Waals surface area contributed by atoms with Crippen molar-refractivity contribution in [2.24, 2.45) is 0 Å². The first-order valence-electron chi connectivity index (χ1n) is 6.37. The predicted molar refractivity (Wildman–Crippen MR) is 79.2 cm³/mol. The Labute approximate surface area is 114 Å². The summed E-state index contributed by atoms with van der Waals surface area (Å²) in [7, 11) is 0. The zero-order valence-corrected chi connectivity index (χ0v) is 11.5. The number of likely N-dealkylation sites (N-methyl/N-ethyl adjacent to an activating group) is 1. The molecular formula is C15H19ClN2. The van der Waals surface area contributed by atoms with E-state index in [-0.39, 0.29) is 0 Å². The highest BCUT2D eigenvalue weighted by Gasteiger charge is 2.06. The van der Waals surface area contributed by atoms with E-state index in [0.29, 0.717) is 0 Å². The van der Waals surface area contributed by atoms with Crippen LogP contribution in [-0.4, -0.2) is 31.1 Å². The zero-order chi connectivity index (χ0) is 12.8. The van der Waals surface area contributed by atoms with Crippen LogP contribution in [0.4, 0.5) is 5.69 Å². The van der Waals surface area contributed by atoms with Gasteiger partial charge in [-0.15, -0.1) is 0 Å². The van der Waals surface area contributed by atoms with E-state index in [1.165, 1.54) is 5.69 Å². The van der Waals surface area contributed by atoms with Gasteiger partial charge in [0.1, 0.15) is 0 Å². The van der Waals surface area contributed by atoms with Crippen molar-refractivity contribution in [3.05, 3.63) is 53.7 Å². The Balaban J connectivity index is 1.91. The second-order valence-electron chi connectivity index (χ2n) is 4.32. The largest absolute Gasteiger partial charge is 0.372 e. The van der Waals surface area contributed by atoms with Gasteiger partial charge in [-0.3, -0.25) is 0 Å². The van der Waals surface area contributed by atoms with E-state index < -0.39 is 0 Å². The second-order valence-corrected chi connectivity index (χ2v) is 4.76. The maximum absolute atomic E-state index is 5.91. The van der Waals surface area contributed by atoms with Crippen LogP contribution in [0, 0.1) is 0 Å². The summed E-state index contributed by atoms with van der Waals surface area (Å²) < 4.78 is 0. The fourth-order valence-corrected chi connectivity index (χ4v) is 2.17. The second kappa shape index (κ2) is 6.50. The van der Waals surface area contributed by atoms with E-state index in [2.05, 4.69) is 53.3 Å². The number of benzene rings is 1. The highest BCUT2D eigenvalue weighted by molar-refractivity contribution is 6.30. The SMILES string of the molecule is CCN(CCN1C=CC=CC1)c1ccc(Cl)cc1. The molecule has 2 nitrogen and oxygen atoms in total. The van der Waals surface area contributed by atoms with E-state index in [1.807, 2.05) is 12.1 Å². The topological polar surface area (TPSA) is 6.48 Å². The van der Waals surface area contributed by atoms with Gasteiger partial charge in [-0.1, -0.05) is 23.8 Å². The maximum atomic E-state index is 5.91. The summed E-state index contributed by atoms with van der Waals surface area (Å²) in [4.78, 5) is 4.68. The van der Waals surface area contributed by atoms with Crippen LogP contribution in [0.3, 0.4) is 0 Å². The highest BCUT2D eigenvalue weighted by Crippen LogP contribution is 2.17. The van der Waals surface area contributed by atoms with Crippen molar-refractivity contribution in [1.82, 2.24) is 4.90 Å². The molecule has 0 saturated carbocycles. The molecule has 1 aliphatic heterocycles. The Morgan fingerprint density at radius 3 is 2.61 bits per heavy atom. The van der Waals surface area contributed by atoms with Gasteiger partial charge in [-0.2, -0.15) is 0 Å². The molecule has 0 aromatic heterocycles. The molecule has 0 spiro atoms. The first-order valence-corrected chi connectivity index (χ1v) is 6.75. The monoisotopic (exact) mass is 262 g/mol. The Bertz CT molecular complexity index is 423. The molecule has 18 heavy (non-hydrogen) atoms. The summed E-state index contributed by atoms with van der Waals surface area (Å²) in [6, 6.07) is 8.06. The zero-order valence-electron chi connectivity index (χ0n) is 10.7. The van der Waals surface area contributed by atoms with Crippen LogP contribution in [-0.2, 0) is 0 Å². The summed E-state index contributed by atoms with van der Waals surface area (Å²) in [6.45, 7) is 6.26. The van der Waals surface area contributed by atoms with Crippen LogP contribution in [0.1, 0.15) is 6.92 Å². The van der Waals surface area contributed by atoms with Crippen LogP contribution < -0.4 is 4.90 Å². The van der Waals surface area contributed by atoms with Crippen LogP contribution in [0.5, 0.6) is 0 Å². The minimum atomic E-state index is 0.791. The van der Waals surface area contributed by atoms with Crippen molar-refractivity contribution >= 4 is 17.3 Å². The molecule has 0 atom stereocenters. The Morgan fingerprint density at radius 2 is 2.00 bits per heavy atom. The number of hydrogen-bond donors (Lipinski definition) is 0. The van der Waals surface area contributed by atoms with Crippen molar-refractivity contribution in [1.29, 1.82) is 0 Å². The summed E-state index contributed by atoms with van der Waals surface area (Å²) in [5.41, 5.74) is 1.23. The number of halogens is 1. The molecule has 96 valence electrons. The normalized spacial score (nSPS) is 14.0. The third kappa shape index (κ3) is 3.54. The quantitative estimate of drug-likeness (QED) is 0.801. The molecule has 1 aromatic rings. The lowest BCUT2D eigenvalue weighted by Gasteiger charge is -2.27. The fourth-order valence-electron chi connectivity index (χ4n) is 2.04. The summed E-state index contributed by atoms with van der Waals surface area (Å²) in [6.07, 6.45) is 8.50. The molecule has 3 heteroatoms. The van der Waals surface area contributed by atoms with E-state index in [4.69, 9.17) is 11.6 Å². The molecular weight excluding hydrogens is 244 g/mol. The van der Waals surface area contributed by atoms with Crippen molar-refractivity contribution < 1.29 is 0 Å². The summed E-state index contributed by atoms with van der Waals surface area (Å²) >= 11 is 5.91. The van der Waals surface area contributed by atoms with E-state index in [1.54, 1.807) is 0 Å². The average molecular weight is 263 g/mol. The molecule has 0 unspecified atom stereocenters. The molecule has 0 aliphatic carbocycles. The summed E-state index contributed by atoms with van der Waals surface area (Å²) in [5.74, 6) is 0. The van der Waals surface area contributed by atoms with Crippen LogP contribution in [0.2, 0.25) is 5.02 Å². The molecule has 0 bridgehead atoms. The Hall–Kier alpha value is -1.41. The number of rotatable bonds is 5. The lowest BCUT2D eigenvalue weighted by atomic mass is 10.2. The molecule has 0 fully saturated rings. The minimum absolute atomic E-state index is 0.791. The number of allylic oxidation sites excluding steroid dienone is 2. The number of hydrogen-bond acceptors (Lipinski definition) is 2. The van der Waals surface area contributed by atoms with Gasteiger partial charge < -0.3 is 9.80 Å². The maximum Gasteiger partial charge on any atom is 0.0407 e. The lowest BCUT2D eigenvalue weighted by Crippen LogP contribution is -2.33. The van der Waals surface area contributed by atoms with Gasteiger partial charge in [0.05, 0.1) is 0 Å². The molecule has 1 aliphatic rings. The first kappa shape index (κ1) is 13.0. The van der Waals surface area contributed by atoms with Crippen LogP contribution in [0.25, 0.3) is 0 Å². The van der Waals surface area contributed by atoms with Crippen molar-refractivity contribution in [3.63, 3.8) is 0 Å². The van der Waals surface area contributed by atoms with Crippen molar-refractivity contribution in [2.75, 3.05) is 31.1 Å². The molecule has 0 saturated heterocycles. The van der Waals surface area contributed by atoms with Gasteiger partial charge in [-0.25, -0.2) is 0 Å². The van der Waals surface area contributed by atoms with E-state index >= 15 is 0 Å². The first-order chi connectivity index (χ1) is 8.79. The standard InChI is InChI=1S/C15H19ClN2/c1-2-18(15-8-6-14(16)7-9-15)13-12-17-10-4-3-5-11-17/h3-10H,2,11-13H2,1H3. The van der Waals surface area contributed by atoms with Crippen molar-refractivity contribution in [2.45, 2.75) is 6.92 Å². The third-order valence-corrected chi connectivity index (χ3v) is 3.37. The molecule has 0 N–H and O–H groups in total. The fraction of sp³-hybridized carbons (Fsp3) is 0.333. The lowest BCUT2D eigenvalue weighted by molar-refractivity contribution is 0.416. The molecule has 0 amide bonds. The average Bonchev–Trinajstić information content (AvgIpc) is 2.42. The van der Waals surface area contributed by atoms with Crippen molar-refractivity contribution in [3.8, 4) is 0 Å². The van der Waals surface area contributed by atoms with Gasteiger partial charge in [-0.05, 0) is 43.5 Å². The van der Waals surface area contributed by atoms with Gasteiger partial charge in [0, 0.05) is 36.9 Å². The smallest absolute Gasteiger partial charge is 0.0407 e. The Kier molecular flexibility index (Phi) is 4.71. The van der Waals surface area contributed by atoms with Crippen LogP contribution >= 0.6 is 11.6 Å². The molecule has 0 radical (unpaired) electrons. The van der Waals surface area contributed by atoms with Crippen LogP contribution in [0.15, 0.2) is 48.7 Å². The summed E-state index contributed by atoms with van der Waals surface area (Å²) in [5, 5.41) is 0.791. The van der Waals surface area contributed by atoms with Gasteiger partial charge in [0.2, 0.25) is 0 Å². The highest BCUT2D eigenvalue weighted by atomic mass is 35.5. The number of nitrogens with zero attached hydrogens (tertiary/aromatic N) is 2. The van der Waals surface area contributed by atoms with Gasteiger partial charge in [0.25, 0.3) is 0 Å². The predicted octanol–water partition coefficient (Wildman–Crippen LogP) is 3.55. The molecule has 1 heterocycles.